The maximum atomic E-state index is 11.0. The fourth-order valence-corrected chi connectivity index (χ4v) is 3.14. The Balaban J connectivity index is 1.61. The zero-order chi connectivity index (χ0) is 15.5. The van der Waals surface area contributed by atoms with Gasteiger partial charge in [0.2, 0.25) is 5.91 Å². The minimum Gasteiger partial charge on any atom is -0.383 e. The molecule has 3 rings (SSSR count). The van der Waals surface area contributed by atoms with E-state index >= 15 is 0 Å². The molecule has 5 heteroatoms. The number of carbonyl (C=O) groups excluding carboxylic acids is 1. The summed E-state index contributed by atoms with van der Waals surface area (Å²) < 4.78 is 0. The molecule has 0 radical (unpaired) electrons. The van der Waals surface area contributed by atoms with Gasteiger partial charge in [0.05, 0.1) is 5.52 Å². The minimum absolute atomic E-state index is 0.00504. The van der Waals surface area contributed by atoms with E-state index < -0.39 is 12.0 Å². The predicted octanol–water partition coefficient (Wildman–Crippen LogP) is 1.29. The van der Waals surface area contributed by atoms with Crippen LogP contribution in [0.5, 0.6) is 0 Å². The molecule has 0 aliphatic carbocycles. The lowest BCUT2D eigenvalue weighted by atomic mass is 9.90. The number of rotatable bonds is 4. The van der Waals surface area contributed by atoms with Crippen molar-refractivity contribution in [2.24, 2.45) is 11.7 Å². The van der Waals surface area contributed by atoms with E-state index in [1.165, 1.54) is 5.56 Å². The Labute approximate surface area is 129 Å². The van der Waals surface area contributed by atoms with Crippen molar-refractivity contribution >= 4 is 16.8 Å². The Kier molecular flexibility index (Phi) is 4.36. The van der Waals surface area contributed by atoms with Crippen LogP contribution in [0.3, 0.4) is 0 Å². The Morgan fingerprint density at radius 1 is 1.36 bits per heavy atom. The minimum atomic E-state index is -1.01. The molecule has 5 nitrogen and oxygen atoms in total. The molecule has 1 aliphatic rings. The van der Waals surface area contributed by atoms with Crippen LogP contribution in [0.1, 0.15) is 18.4 Å². The van der Waals surface area contributed by atoms with Crippen molar-refractivity contribution in [1.29, 1.82) is 0 Å². The first-order valence-corrected chi connectivity index (χ1v) is 7.67. The fourth-order valence-electron chi connectivity index (χ4n) is 3.14. The summed E-state index contributed by atoms with van der Waals surface area (Å²) in [5.41, 5.74) is 7.44. The average Bonchev–Trinajstić information content (AvgIpc) is 2.55. The Morgan fingerprint density at radius 2 is 2.14 bits per heavy atom. The molecule has 1 fully saturated rings. The summed E-state index contributed by atoms with van der Waals surface area (Å²) >= 11 is 0. The van der Waals surface area contributed by atoms with E-state index in [1.807, 2.05) is 12.1 Å². The Hall–Kier alpha value is -1.98. The van der Waals surface area contributed by atoms with E-state index in [0.717, 1.165) is 43.4 Å². The number of aliphatic hydroxyl groups excluding tert-OH is 1. The Bertz CT molecular complexity index is 666. The van der Waals surface area contributed by atoms with Crippen molar-refractivity contribution in [2.75, 3.05) is 13.1 Å². The van der Waals surface area contributed by atoms with E-state index in [2.05, 4.69) is 28.1 Å². The van der Waals surface area contributed by atoms with Gasteiger partial charge in [0.1, 0.15) is 6.10 Å². The lowest BCUT2D eigenvalue weighted by Gasteiger charge is -2.33. The molecule has 2 aromatic rings. The molecule has 22 heavy (non-hydrogen) atoms. The van der Waals surface area contributed by atoms with Crippen LogP contribution in [-0.4, -0.2) is 40.1 Å². The molecular weight excluding hydrogens is 278 g/mol. The van der Waals surface area contributed by atoms with Crippen LogP contribution in [0.25, 0.3) is 10.9 Å². The summed E-state index contributed by atoms with van der Waals surface area (Å²) in [6.07, 6.45) is 2.41. The second-order valence-corrected chi connectivity index (χ2v) is 5.99. The van der Waals surface area contributed by atoms with Gasteiger partial charge in [-0.05, 0) is 55.6 Å². The highest BCUT2D eigenvalue weighted by molar-refractivity contribution is 5.79. The normalized spacial score (nSPS) is 18.4. The number of fused-ring (bicyclic) bond motifs is 1. The van der Waals surface area contributed by atoms with Crippen molar-refractivity contribution in [3.05, 3.63) is 42.1 Å². The number of carbonyl (C=O) groups is 1. The second kappa shape index (κ2) is 6.42. The third kappa shape index (κ3) is 3.26. The molecule has 3 N–H and O–H groups in total. The Morgan fingerprint density at radius 3 is 2.86 bits per heavy atom. The van der Waals surface area contributed by atoms with Crippen LogP contribution in [0.4, 0.5) is 0 Å². The zero-order valence-electron chi connectivity index (χ0n) is 12.5. The smallest absolute Gasteiger partial charge is 0.246 e. The molecule has 0 saturated carbocycles. The number of hydrogen-bond acceptors (Lipinski definition) is 4. The lowest BCUT2D eigenvalue weighted by molar-refractivity contribution is -0.129. The van der Waals surface area contributed by atoms with Gasteiger partial charge in [-0.1, -0.05) is 12.1 Å². The van der Waals surface area contributed by atoms with Crippen LogP contribution in [-0.2, 0) is 11.3 Å². The number of pyridine rings is 1. The van der Waals surface area contributed by atoms with Crippen molar-refractivity contribution in [2.45, 2.75) is 25.5 Å². The average molecular weight is 299 g/mol. The summed E-state index contributed by atoms with van der Waals surface area (Å²) in [6, 6.07) is 10.4. The topological polar surface area (TPSA) is 79.5 Å². The summed E-state index contributed by atoms with van der Waals surface area (Å²) in [7, 11) is 0. The van der Waals surface area contributed by atoms with Crippen LogP contribution in [0.2, 0.25) is 0 Å². The molecule has 1 amide bonds. The molecule has 2 heterocycles. The molecule has 1 atom stereocenters. The monoisotopic (exact) mass is 299 g/mol. The van der Waals surface area contributed by atoms with E-state index in [-0.39, 0.29) is 5.92 Å². The second-order valence-electron chi connectivity index (χ2n) is 5.99. The number of hydrogen-bond donors (Lipinski definition) is 2. The van der Waals surface area contributed by atoms with Gasteiger partial charge in [0.25, 0.3) is 0 Å². The van der Waals surface area contributed by atoms with Crippen LogP contribution < -0.4 is 5.73 Å². The van der Waals surface area contributed by atoms with Gasteiger partial charge in [0.15, 0.2) is 0 Å². The van der Waals surface area contributed by atoms with Gasteiger partial charge in [-0.25, -0.2) is 0 Å². The molecule has 1 saturated heterocycles. The van der Waals surface area contributed by atoms with E-state index in [9.17, 15) is 9.90 Å². The standard InChI is InChI=1S/C17H21N3O2/c18-17(22)16(21)13-5-8-20(9-6-13)11-12-3-4-15-14(10-12)2-1-7-19-15/h1-4,7,10,13,16,21H,5-6,8-9,11H2,(H2,18,22). The maximum Gasteiger partial charge on any atom is 0.246 e. The summed E-state index contributed by atoms with van der Waals surface area (Å²) in [5.74, 6) is -0.616. The van der Waals surface area contributed by atoms with Crippen LogP contribution in [0, 0.1) is 5.92 Å². The molecule has 1 aromatic heterocycles. The molecule has 1 aromatic carbocycles. The molecule has 0 bridgehead atoms. The van der Waals surface area contributed by atoms with E-state index in [4.69, 9.17) is 5.73 Å². The van der Waals surface area contributed by atoms with Crippen molar-refractivity contribution in [3.63, 3.8) is 0 Å². The predicted molar refractivity (Wildman–Crippen MR) is 84.9 cm³/mol. The summed E-state index contributed by atoms with van der Waals surface area (Å²) in [6.45, 7) is 2.63. The molecule has 0 spiro atoms. The van der Waals surface area contributed by atoms with Gasteiger partial charge in [0, 0.05) is 18.1 Å². The molecule has 116 valence electrons. The van der Waals surface area contributed by atoms with E-state index in [1.54, 1.807) is 6.20 Å². The van der Waals surface area contributed by atoms with Crippen molar-refractivity contribution in [1.82, 2.24) is 9.88 Å². The third-order valence-corrected chi connectivity index (χ3v) is 4.44. The highest BCUT2D eigenvalue weighted by Gasteiger charge is 2.28. The highest BCUT2D eigenvalue weighted by atomic mass is 16.3. The van der Waals surface area contributed by atoms with Gasteiger partial charge in [-0.15, -0.1) is 0 Å². The number of aromatic nitrogens is 1. The quantitative estimate of drug-likeness (QED) is 0.891. The van der Waals surface area contributed by atoms with E-state index in [0.29, 0.717) is 0 Å². The lowest BCUT2D eigenvalue weighted by Crippen LogP contribution is -2.42. The number of aliphatic hydroxyl groups is 1. The number of primary amides is 1. The number of nitrogens with two attached hydrogens (primary N) is 1. The summed E-state index contributed by atoms with van der Waals surface area (Å²) in [5, 5.41) is 10.9. The van der Waals surface area contributed by atoms with Crippen LogP contribution >= 0.6 is 0 Å². The number of nitrogens with zero attached hydrogens (tertiary/aromatic N) is 2. The molecule has 1 unspecified atom stereocenters. The zero-order valence-corrected chi connectivity index (χ0v) is 12.5. The number of piperidine rings is 1. The third-order valence-electron chi connectivity index (χ3n) is 4.44. The van der Waals surface area contributed by atoms with Crippen molar-refractivity contribution in [3.8, 4) is 0 Å². The van der Waals surface area contributed by atoms with Gasteiger partial charge in [-0.2, -0.15) is 0 Å². The van der Waals surface area contributed by atoms with Gasteiger partial charge in [-0.3, -0.25) is 14.7 Å². The van der Waals surface area contributed by atoms with Gasteiger partial charge < -0.3 is 10.8 Å². The first-order valence-electron chi connectivity index (χ1n) is 7.67. The van der Waals surface area contributed by atoms with Crippen molar-refractivity contribution < 1.29 is 9.90 Å². The first-order chi connectivity index (χ1) is 10.6. The maximum absolute atomic E-state index is 11.0. The number of likely N-dealkylation sites (tertiary alicyclic amines) is 1. The molecule has 1 aliphatic heterocycles. The first kappa shape index (κ1) is 14.9. The summed E-state index contributed by atoms with van der Waals surface area (Å²) in [4.78, 5) is 17.7. The SMILES string of the molecule is NC(=O)C(O)C1CCN(Cc2ccc3ncccc3c2)CC1. The number of amides is 1. The number of benzene rings is 1. The fraction of sp³-hybridized carbons (Fsp3) is 0.412. The highest BCUT2D eigenvalue weighted by Crippen LogP contribution is 2.23. The largest absolute Gasteiger partial charge is 0.383 e. The molecular formula is C17H21N3O2. The van der Waals surface area contributed by atoms with Crippen LogP contribution in [0.15, 0.2) is 36.5 Å². The van der Waals surface area contributed by atoms with Gasteiger partial charge >= 0.3 is 0 Å².